The maximum Gasteiger partial charge on any atom is 0.265 e. The Morgan fingerprint density at radius 3 is 3.18 bits per heavy atom. The predicted octanol–water partition coefficient (Wildman–Crippen LogP) is 0.481. The summed E-state index contributed by atoms with van der Waals surface area (Å²) in [5.41, 5.74) is 0. The fourth-order valence-corrected chi connectivity index (χ4v) is 1.86. The molecule has 1 atom stereocenters. The van der Waals surface area contributed by atoms with Gasteiger partial charge in [-0.1, -0.05) is 6.07 Å². The second kappa shape index (κ2) is 2.64. The number of carbonyl (C=O) groups excluding carboxylic acids is 1. The van der Waals surface area contributed by atoms with Gasteiger partial charge in [0.05, 0.1) is 6.67 Å². The average molecular weight is 167 g/mol. The van der Waals surface area contributed by atoms with Crippen LogP contribution in [0.25, 0.3) is 0 Å². The summed E-state index contributed by atoms with van der Waals surface area (Å²) in [4.78, 5) is 12.1. The van der Waals surface area contributed by atoms with Crippen LogP contribution in [0, 0.1) is 0 Å². The molecule has 1 fully saturated rings. The van der Waals surface area contributed by atoms with Crippen molar-refractivity contribution in [1.82, 2.24) is 10.6 Å². The number of hydrogen-bond acceptors (Lipinski definition) is 3. The normalized spacial score (nSPS) is 23.6. The molecule has 1 aromatic rings. The van der Waals surface area contributed by atoms with Gasteiger partial charge in [0.25, 0.3) is 5.91 Å². The van der Waals surface area contributed by atoms with E-state index in [1.165, 1.54) is 0 Å². The molecule has 1 aliphatic heterocycles. The topological polar surface area (TPSA) is 43.2 Å². The second-order valence-electron chi connectivity index (χ2n) is 2.31. The van der Waals surface area contributed by atoms with Crippen molar-refractivity contribution >= 4 is 17.2 Å². The van der Waals surface area contributed by atoms with E-state index in [2.05, 4.69) is 10.6 Å². The minimum atomic E-state index is -0.171. The van der Waals surface area contributed by atoms with Crippen molar-refractivity contribution in [3.63, 3.8) is 0 Å². The van der Waals surface area contributed by atoms with Crippen LogP contribution in [0.15, 0.2) is 17.5 Å². The number of carbonyl (C=O) groups is 1. The lowest BCUT2D eigenvalue weighted by atomic mass is 10.2. The number of nitrogens with one attached hydrogen (secondary N) is 1. The van der Waals surface area contributed by atoms with Gasteiger partial charge in [-0.15, -0.1) is 11.3 Å². The molecule has 4 heteroatoms. The van der Waals surface area contributed by atoms with E-state index in [1.807, 2.05) is 17.5 Å². The maximum absolute atomic E-state index is 11.1. The standard InChI is InChI=1S/C7H7N2OS/c10-7-6(8-4-9-7)5-2-1-3-11-5/h1-3,6,8H,4H2. The van der Waals surface area contributed by atoms with E-state index >= 15 is 0 Å². The highest BCUT2D eigenvalue weighted by Gasteiger charge is 2.26. The first kappa shape index (κ1) is 6.82. The van der Waals surface area contributed by atoms with Gasteiger partial charge >= 0.3 is 0 Å². The molecule has 2 rings (SSSR count). The van der Waals surface area contributed by atoms with Crippen LogP contribution in [0.3, 0.4) is 0 Å². The van der Waals surface area contributed by atoms with Crippen molar-refractivity contribution in [2.24, 2.45) is 0 Å². The summed E-state index contributed by atoms with van der Waals surface area (Å²) in [6.07, 6.45) is 0. The Hall–Kier alpha value is -0.870. The van der Waals surface area contributed by atoms with Gasteiger partial charge in [-0.05, 0) is 11.4 Å². The summed E-state index contributed by atoms with van der Waals surface area (Å²) in [5.74, 6) is -0.0487. The molecule has 2 heterocycles. The lowest BCUT2D eigenvalue weighted by molar-refractivity contribution is -0.120. The lowest BCUT2D eigenvalue weighted by Crippen LogP contribution is -2.16. The summed E-state index contributed by atoms with van der Waals surface area (Å²) >= 11 is 1.58. The molecule has 1 aliphatic rings. The molecular formula is C7H7N2OS. The van der Waals surface area contributed by atoms with Gasteiger partial charge in [-0.25, -0.2) is 5.32 Å². The third-order valence-corrected chi connectivity index (χ3v) is 2.54. The van der Waals surface area contributed by atoms with Gasteiger partial charge in [-0.2, -0.15) is 0 Å². The maximum atomic E-state index is 11.1. The zero-order valence-corrected chi connectivity index (χ0v) is 6.60. The van der Waals surface area contributed by atoms with Crippen molar-refractivity contribution in [1.29, 1.82) is 0 Å². The quantitative estimate of drug-likeness (QED) is 0.661. The van der Waals surface area contributed by atoms with Crippen molar-refractivity contribution in [2.75, 3.05) is 6.67 Å². The van der Waals surface area contributed by atoms with E-state index in [-0.39, 0.29) is 11.9 Å². The molecule has 0 aliphatic carbocycles. The third kappa shape index (κ3) is 1.15. The van der Waals surface area contributed by atoms with Crippen molar-refractivity contribution < 1.29 is 4.79 Å². The molecule has 57 valence electrons. The Morgan fingerprint density at radius 1 is 1.73 bits per heavy atom. The van der Waals surface area contributed by atoms with Gasteiger partial charge in [0.1, 0.15) is 6.04 Å². The lowest BCUT2D eigenvalue weighted by Gasteiger charge is -2.01. The molecule has 1 unspecified atom stereocenters. The Balaban J connectivity index is 2.23. The molecule has 0 bridgehead atoms. The van der Waals surface area contributed by atoms with Crippen molar-refractivity contribution in [3.8, 4) is 0 Å². The Labute approximate surface area is 68.4 Å². The van der Waals surface area contributed by atoms with E-state index in [0.717, 1.165) is 4.88 Å². The van der Waals surface area contributed by atoms with Crippen LogP contribution < -0.4 is 10.6 Å². The SMILES string of the molecule is O=C1[N]CNC1c1cccs1. The molecule has 1 N–H and O–H groups in total. The molecule has 1 radical (unpaired) electrons. The Kier molecular flexibility index (Phi) is 1.63. The molecule has 1 saturated heterocycles. The van der Waals surface area contributed by atoms with E-state index < -0.39 is 0 Å². The van der Waals surface area contributed by atoms with Gasteiger partial charge in [-0.3, -0.25) is 10.1 Å². The van der Waals surface area contributed by atoms with E-state index in [1.54, 1.807) is 11.3 Å². The number of nitrogens with zero attached hydrogens (tertiary/aromatic N) is 1. The molecule has 0 spiro atoms. The number of thiophene rings is 1. The summed E-state index contributed by atoms with van der Waals surface area (Å²) in [6, 6.07) is 3.71. The summed E-state index contributed by atoms with van der Waals surface area (Å²) < 4.78 is 0. The largest absolute Gasteiger partial charge is 0.282 e. The highest BCUT2D eigenvalue weighted by Crippen LogP contribution is 2.20. The number of amides is 1. The molecule has 0 aromatic carbocycles. The molecule has 3 nitrogen and oxygen atoms in total. The zero-order valence-electron chi connectivity index (χ0n) is 5.78. The zero-order chi connectivity index (χ0) is 7.68. The predicted molar refractivity (Wildman–Crippen MR) is 42.2 cm³/mol. The fraction of sp³-hybridized carbons (Fsp3) is 0.286. The van der Waals surface area contributed by atoms with Gasteiger partial charge < -0.3 is 0 Å². The van der Waals surface area contributed by atoms with Crippen LogP contribution in [0.4, 0.5) is 0 Å². The Morgan fingerprint density at radius 2 is 2.64 bits per heavy atom. The highest BCUT2D eigenvalue weighted by molar-refractivity contribution is 7.10. The highest BCUT2D eigenvalue weighted by atomic mass is 32.1. The summed E-state index contributed by atoms with van der Waals surface area (Å²) in [5, 5.41) is 8.69. The van der Waals surface area contributed by atoms with Crippen LogP contribution in [0.5, 0.6) is 0 Å². The van der Waals surface area contributed by atoms with Crippen molar-refractivity contribution in [2.45, 2.75) is 6.04 Å². The van der Waals surface area contributed by atoms with Crippen molar-refractivity contribution in [3.05, 3.63) is 22.4 Å². The second-order valence-corrected chi connectivity index (χ2v) is 3.29. The van der Waals surface area contributed by atoms with Crippen LogP contribution in [-0.4, -0.2) is 12.6 Å². The summed E-state index contributed by atoms with van der Waals surface area (Å²) in [6.45, 7) is 0.460. The number of hydrogen-bond donors (Lipinski definition) is 1. The smallest absolute Gasteiger partial charge is 0.265 e. The number of rotatable bonds is 1. The molecule has 1 amide bonds. The van der Waals surface area contributed by atoms with E-state index in [9.17, 15) is 4.79 Å². The van der Waals surface area contributed by atoms with Crippen LogP contribution in [-0.2, 0) is 4.79 Å². The van der Waals surface area contributed by atoms with E-state index in [0.29, 0.717) is 6.67 Å². The molecule has 11 heavy (non-hydrogen) atoms. The monoisotopic (exact) mass is 167 g/mol. The fourth-order valence-electron chi connectivity index (χ4n) is 1.07. The van der Waals surface area contributed by atoms with Crippen LogP contribution in [0.2, 0.25) is 0 Å². The average Bonchev–Trinajstić information content (AvgIpc) is 2.55. The van der Waals surface area contributed by atoms with Gasteiger partial charge in [0.2, 0.25) is 0 Å². The minimum absolute atomic E-state index is 0.0487. The van der Waals surface area contributed by atoms with Crippen LogP contribution in [0.1, 0.15) is 10.9 Å². The van der Waals surface area contributed by atoms with E-state index in [4.69, 9.17) is 0 Å². The molecular weight excluding hydrogens is 160 g/mol. The third-order valence-electron chi connectivity index (χ3n) is 1.60. The molecule has 1 aromatic heterocycles. The van der Waals surface area contributed by atoms with Gasteiger partial charge in [0.15, 0.2) is 0 Å². The summed E-state index contributed by atoms with van der Waals surface area (Å²) in [7, 11) is 0. The van der Waals surface area contributed by atoms with Crippen LogP contribution >= 0.6 is 11.3 Å². The molecule has 0 saturated carbocycles. The minimum Gasteiger partial charge on any atom is -0.282 e. The first-order valence-electron chi connectivity index (χ1n) is 3.36. The first-order chi connectivity index (χ1) is 5.38. The van der Waals surface area contributed by atoms with Gasteiger partial charge in [0, 0.05) is 4.88 Å². The Bertz CT molecular complexity index is 257. The first-order valence-corrected chi connectivity index (χ1v) is 4.24.